The molecule has 1 amide bonds. The predicted octanol–water partition coefficient (Wildman–Crippen LogP) is 5.83. The molecule has 0 aliphatic heterocycles. The molecule has 1 saturated carbocycles. The van der Waals surface area contributed by atoms with Gasteiger partial charge in [0.25, 0.3) is 0 Å². The number of nitrogens with one attached hydrogen (secondary N) is 1. The van der Waals surface area contributed by atoms with E-state index in [1.54, 1.807) is 0 Å². The van der Waals surface area contributed by atoms with E-state index < -0.39 is 17.8 Å². The second-order valence-electron chi connectivity index (χ2n) is 10.6. The second-order valence-corrected chi connectivity index (χ2v) is 10.6. The largest absolute Gasteiger partial charge is 0.444 e. The molecule has 0 saturated heterocycles. The molecule has 0 bridgehead atoms. The molecular formula is C24H47NO4. The highest BCUT2D eigenvalue weighted by Crippen LogP contribution is 2.41. The molecule has 172 valence electrons. The Morgan fingerprint density at radius 1 is 1.17 bits per heavy atom. The summed E-state index contributed by atoms with van der Waals surface area (Å²) < 4.78 is 11.5. The predicted molar refractivity (Wildman–Crippen MR) is 119 cm³/mol. The SMILES string of the molecule is CCCCCCCCO[C@H]1CCC(C)(C)C[C@H]1CC(O)CNC(=O)OC(C)(C)C. The van der Waals surface area contributed by atoms with E-state index in [4.69, 9.17) is 9.47 Å². The molecule has 0 heterocycles. The van der Waals surface area contributed by atoms with Gasteiger partial charge in [0.05, 0.1) is 12.2 Å². The van der Waals surface area contributed by atoms with Crippen molar-refractivity contribution in [1.29, 1.82) is 0 Å². The zero-order valence-electron chi connectivity index (χ0n) is 19.9. The fourth-order valence-electron chi connectivity index (χ4n) is 4.23. The first-order valence-corrected chi connectivity index (χ1v) is 11.8. The highest BCUT2D eigenvalue weighted by atomic mass is 16.6. The van der Waals surface area contributed by atoms with Gasteiger partial charge in [0.1, 0.15) is 5.60 Å². The van der Waals surface area contributed by atoms with Gasteiger partial charge in [-0.05, 0) is 64.2 Å². The van der Waals surface area contributed by atoms with Crippen LogP contribution < -0.4 is 5.32 Å². The van der Waals surface area contributed by atoms with Crippen molar-refractivity contribution in [2.75, 3.05) is 13.2 Å². The number of unbranched alkanes of at least 4 members (excludes halogenated alkanes) is 5. The van der Waals surface area contributed by atoms with E-state index in [0.717, 1.165) is 32.3 Å². The van der Waals surface area contributed by atoms with E-state index in [1.807, 2.05) is 20.8 Å². The summed E-state index contributed by atoms with van der Waals surface area (Å²) in [5, 5.41) is 13.2. The third-order valence-electron chi connectivity index (χ3n) is 5.73. The Morgan fingerprint density at radius 3 is 2.48 bits per heavy atom. The minimum Gasteiger partial charge on any atom is -0.444 e. The third-order valence-corrected chi connectivity index (χ3v) is 5.73. The van der Waals surface area contributed by atoms with Gasteiger partial charge >= 0.3 is 6.09 Å². The van der Waals surface area contributed by atoms with Crippen molar-refractivity contribution in [3.05, 3.63) is 0 Å². The van der Waals surface area contributed by atoms with Crippen LogP contribution in [0.3, 0.4) is 0 Å². The van der Waals surface area contributed by atoms with Crippen LogP contribution in [0, 0.1) is 11.3 Å². The van der Waals surface area contributed by atoms with Crippen molar-refractivity contribution in [3.63, 3.8) is 0 Å². The Bertz CT molecular complexity index is 458. The Labute approximate surface area is 179 Å². The number of ether oxygens (including phenoxy) is 2. The molecule has 1 fully saturated rings. The molecule has 3 atom stereocenters. The molecular weight excluding hydrogens is 366 g/mol. The van der Waals surface area contributed by atoms with Crippen LogP contribution in [-0.2, 0) is 9.47 Å². The van der Waals surface area contributed by atoms with E-state index in [1.165, 1.54) is 32.1 Å². The summed E-state index contributed by atoms with van der Waals surface area (Å²) >= 11 is 0. The average Bonchev–Trinajstić information content (AvgIpc) is 2.59. The molecule has 1 aliphatic carbocycles. The van der Waals surface area contributed by atoms with Gasteiger partial charge in [-0.2, -0.15) is 0 Å². The zero-order valence-corrected chi connectivity index (χ0v) is 19.9. The van der Waals surface area contributed by atoms with E-state index in [9.17, 15) is 9.90 Å². The number of hydrogen-bond acceptors (Lipinski definition) is 4. The summed E-state index contributed by atoms with van der Waals surface area (Å²) in [4.78, 5) is 11.8. The Kier molecular flexibility index (Phi) is 11.6. The topological polar surface area (TPSA) is 67.8 Å². The monoisotopic (exact) mass is 413 g/mol. The Balaban J connectivity index is 2.40. The van der Waals surface area contributed by atoms with Crippen LogP contribution in [0.2, 0.25) is 0 Å². The number of rotatable bonds is 12. The van der Waals surface area contributed by atoms with Crippen molar-refractivity contribution in [2.24, 2.45) is 11.3 Å². The fourth-order valence-corrected chi connectivity index (χ4v) is 4.23. The molecule has 1 unspecified atom stereocenters. The smallest absolute Gasteiger partial charge is 0.407 e. The van der Waals surface area contributed by atoms with E-state index in [2.05, 4.69) is 26.1 Å². The lowest BCUT2D eigenvalue weighted by Crippen LogP contribution is -2.41. The summed E-state index contributed by atoms with van der Waals surface area (Å²) in [7, 11) is 0. The quantitative estimate of drug-likeness (QED) is 0.395. The van der Waals surface area contributed by atoms with Crippen LogP contribution >= 0.6 is 0 Å². The summed E-state index contributed by atoms with van der Waals surface area (Å²) in [5.74, 6) is 0.328. The molecule has 1 aliphatic rings. The summed E-state index contributed by atoms with van der Waals surface area (Å²) in [6.45, 7) is 13.4. The van der Waals surface area contributed by atoms with Crippen LogP contribution in [0.25, 0.3) is 0 Å². The molecule has 0 aromatic rings. The Morgan fingerprint density at radius 2 is 1.83 bits per heavy atom. The maximum absolute atomic E-state index is 11.8. The van der Waals surface area contributed by atoms with E-state index in [-0.39, 0.29) is 18.1 Å². The fraction of sp³-hybridized carbons (Fsp3) is 0.958. The number of amides is 1. The highest BCUT2D eigenvalue weighted by Gasteiger charge is 2.36. The van der Waals surface area contributed by atoms with Crippen LogP contribution in [-0.4, -0.2) is 42.2 Å². The van der Waals surface area contributed by atoms with Crippen LogP contribution in [0.4, 0.5) is 4.79 Å². The van der Waals surface area contributed by atoms with Crippen LogP contribution in [0.1, 0.15) is 106 Å². The van der Waals surface area contributed by atoms with Crippen molar-refractivity contribution < 1.29 is 19.4 Å². The first kappa shape index (κ1) is 26.2. The number of aliphatic hydroxyl groups excluding tert-OH is 1. The van der Waals surface area contributed by atoms with Crippen molar-refractivity contribution in [3.8, 4) is 0 Å². The van der Waals surface area contributed by atoms with Gasteiger partial charge in [-0.1, -0.05) is 52.9 Å². The van der Waals surface area contributed by atoms with Gasteiger partial charge in [0.2, 0.25) is 0 Å². The molecule has 2 N–H and O–H groups in total. The van der Waals surface area contributed by atoms with Crippen molar-refractivity contribution in [1.82, 2.24) is 5.32 Å². The molecule has 0 spiro atoms. The van der Waals surface area contributed by atoms with Gasteiger partial charge in [0, 0.05) is 13.2 Å². The molecule has 0 aromatic carbocycles. The molecule has 29 heavy (non-hydrogen) atoms. The lowest BCUT2D eigenvalue weighted by atomic mass is 9.69. The highest BCUT2D eigenvalue weighted by molar-refractivity contribution is 5.67. The van der Waals surface area contributed by atoms with E-state index in [0.29, 0.717) is 12.3 Å². The van der Waals surface area contributed by atoms with Crippen LogP contribution in [0.15, 0.2) is 0 Å². The lowest BCUT2D eigenvalue weighted by Gasteiger charge is -2.41. The standard InChI is InChI=1S/C24H47NO4/c1-7-8-9-10-11-12-15-28-21-13-14-24(5,6)17-19(21)16-20(26)18-25-22(27)29-23(2,3)4/h19-21,26H,7-18H2,1-6H3,(H,25,27)/t19-,20?,21+/m1/s1. The Hall–Kier alpha value is -0.810. The molecule has 5 nitrogen and oxygen atoms in total. The van der Waals surface area contributed by atoms with Gasteiger partial charge in [0.15, 0.2) is 0 Å². The van der Waals surface area contributed by atoms with Gasteiger partial charge in [-0.25, -0.2) is 4.79 Å². The summed E-state index contributed by atoms with van der Waals surface area (Å²) in [6, 6.07) is 0. The summed E-state index contributed by atoms with van der Waals surface area (Å²) in [6.07, 6.45) is 10.7. The zero-order chi connectivity index (χ0) is 21.9. The number of carbonyl (C=O) groups is 1. The van der Waals surface area contributed by atoms with Crippen LogP contribution in [0.5, 0.6) is 0 Å². The van der Waals surface area contributed by atoms with E-state index >= 15 is 0 Å². The minimum atomic E-state index is -0.582. The first-order valence-electron chi connectivity index (χ1n) is 11.8. The molecule has 0 radical (unpaired) electrons. The minimum absolute atomic E-state index is 0.217. The number of hydrogen-bond donors (Lipinski definition) is 2. The number of aliphatic hydroxyl groups is 1. The number of carbonyl (C=O) groups excluding carboxylic acids is 1. The normalized spacial score (nSPS) is 22.9. The third kappa shape index (κ3) is 12.5. The van der Waals surface area contributed by atoms with Gasteiger partial charge < -0.3 is 19.9 Å². The number of alkyl carbamates (subject to hydrolysis) is 1. The van der Waals surface area contributed by atoms with Crippen molar-refractivity contribution in [2.45, 2.75) is 124 Å². The van der Waals surface area contributed by atoms with Gasteiger partial charge in [-0.3, -0.25) is 0 Å². The lowest BCUT2D eigenvalue weighted by molar-refractivity contribution is -0.0535. The molecule has 1 rings (SSSR count). The second kappa shape index (κ2) is 12.8. The average molecular weight is 414 g/mol. The van der Waals surface area contributed by atoms with Crippen molar-refractivity contribution >= 4 is 6.09 Å². The molecule has 5 heteroatoms. The maximum Gasteiger partial charge on any atom is 0.407 e. The summed E-state index contributed by atoms with van der Waals surface area (Å²) in [5.41, 5.74) is -0.249. The van der Waals surface area contributed by atoms with Gasteiger partial charge in [-0.15, -0.1) is 0 Å². The molecule has 0 aromatic heterocycles. The first-order chi connectivity index (χ1) is 13.5. The maximum atomic E-state index is 11.8.